The van der Waals surface area contributed by atoms with E-state index >= 15 is 0 Å². The van der Waals surface area contributed by atoms with E-state index in [0.29, 0.717) is 63.8 Å². The Labute approximate surface area is 490 Å². The van der Waals surface area contributed by atoms with Gasteiger partial charge in [0.05, 0.1) is 31.9 Å². The minimum atomic E-state index is -0.759. The summed E-state index contributed by atoms with van der Waals surface area (Å²) in [6.07, 6.45) is 1.22. The lowest BCUT2D eigenvalue weighted by Gasteiger charge is -2.17. The minimum Gasteiger partial charge on any atom is -0.504 e. The van der Waals surface area contributed by atoms with Crippen LogP contribution in [0.15, 0.2) is 182 Å². The van der Waals surface area contributed by atoms with Crippen LogP contribution in [-0.2, 0) is 32.5 Å². The quantitative estimate of drug-likeness (QED) is 0.131. The maximum atomic E-state index is 14.9. The zero-order chi connectivity index (χ0) is 55.9. The molecule has 79 heavy (non-hydrogen) atoms. The Kier molecular flexibility index (Phi) is 18.4. The van der Waals surface area contributed by atoms with E-state index in [0.717, 1.165) is 42.2 Å². The molecule has 16 heteroatoms. The van der Waals surface area contributed by atoms with Crippen molar-refractivity contribution in [3.8, 4) is 44.7 Å². The molecular weight excluding hydrogens is 1210 g/mol. The largest absolute Gasteiger partial charge is 0.504 e. The summed E-state index contributed by atoms with van der Waals surface area (Å²) in [5.41, 5.74) is 7.08. The van der Waals surface area contributed by atoms with E-state index in [1.165, 1.54) is 49.0 Å². The molecule has 11 rings (SSSR count). The predicted molar refractivity (Wildman–Crippen MR) is 328 cm³/mol. The number of rotatable bonds is 12. The summed E-state index contributed by atoms with van der Waals surface area (Å²) in [5.74, 6) is -1.07. The van der Waals surface area contributed by atoms with Crippen LogP contribution in [0.1, 0.15) is 39.2 Å². The Bertz CT molecular complexity index is 4120. The second kappa shape index (κ2) is 25.6. The molecule has 0 radical (unpaired) electrons. The predicted octanol–water partition coefficient (Wildman–Crippen LogP) is 17.7. The third kappa shape index (κ3) is 13.0. The van der Waals surface area contributed by atoms with Crippen LogP contribution >= 0.6 is 77.7 Å². The van der Waals surface area contributed by atoms with E-state index in [9.17, 15) is 23.5 Å². The van der Waals surface area contributed by atoms with Crippen molar-refractivity contribution < 1.29 is 18.6 Å². The number of nitrogens with zero attached hydrogens (tertiary/aromatic N) is 4. The number of benzene rings is 7. The van der Waals surface area contributed by atoms with Crippen molar-refractivity contribution in [3.05, 3.63) is 254 Å². The standard InChI is InChI=1S/C28H22ClFN2O2S.C26H22BrFN2O2.C9H6BrClS/c1-16-21-15-19(29)11-12-23(21)35-26(16)24-17(2)31-27(20-9-6-10-22(30)25(20)33)32(28(24)34)14-13-18-7-4-3-5-8-18;1-18-23(27)26(31)30(16-15-19-9-4-2-5-10-19)25(29-18)21-13-8-14-22(28)24(21)32-17-20-11-6-3-7-12-20;1-5-7-4-6(11)2-3-8(7)12-9(5)10/h3-12,15,33H,13-14H2,1-2H3;2-14H,15-17H2,1H3;2-4H,1H3. The normalized spacial score (nSPS) is 11.1. The summed E-state index contributed by atoms with van der Waals surface area (Å²) < 4.78 is 42.0. The van der Waals surface area contributed by atoms with Crippen LogP contribution in [0.25, 0.3) is 53.4 Å². The number of aromatic nitrogens is 4. The van der Waals surface area contributed by atoms with Gasteiger partial charge in [0.25, 0.3) is 11.1 Å². The highest BCUT2D eigenvalue weighted by Crippen LogP contribution is 2.41. The van der Waals surface area contributed by atoms with Crippen molar-refractivity contribution in [1.82, 2.24) is 19.1 Å². The van der Waals surface area contributed by atoms with Gasteiger partial charge in [-0.1, -0.05) is 126 Å². The molecule has 0 amide bonds. The molecule has 0 fully saturated rings. The number of phenols is 1. The molecule has 400 valence electrons. The van der Waals surface area contributed by atoms with E-state index in [4.69, 9.17) is 32.9 Å². The van der Waals surface area contributed by atoms with Gasteiger partial charge in [-0.25, -0.2) is 18.7 Å². The van der Waals surface area contributed by atoms with Gasteiger partial charge >= 0.3 is 0 Å². The molecule has 0 saturated heterocycles. The lowest BCUT2D eigenvalue weighted by atomic mass is 10.1. The highest BCUT2D eigenvalue weighted by molar-refractivity contribution is 9.11. The first-order valence-corrected chi connectivity index (χ1v) is 29.0. The number of halogens is 6. The monoisotopic (exact) mass is 1260 g/mol. The smallest absolute Gasteiger partial charge is 0.268 e. The zero-order valence-corrected chi connectivity index (χ0v) is 49.5. The van der Waals surface area contributed by atoms with Crippen molar-refractivity contribution in [2.24, 2.45) is 0 Å². The molecule has 0 atom stereocenters. The first-order chi connectivity index (χ1) is 38.1. The van der Waals surface area contributed by atoms with Gasteiger partial charge < -0.3 is 9.84 Å². The topological polar surface area (TPSA) is 99.2 Å². The summed E-state index contributed by atoms with van der Waals surface area (Å²) in [4.78, 5) is 37.4. The molecule has 0 unspecified atom stereocenters. The second-order valence-corrected chi connectivity index (χ2v) is 23.6. The fourth-order valence-electron chi connectivity index (χ4n) is 9.01. The molecule has 0 aliphatic heterocycles. The summed E-state index contributed by atoms with van der Waals surface area (Å²) in [7, 11) is 0. The van der Waals surface area contributed by atoms with Gasteiger partial charge in [-0.05, 0) is 172 Å². The van der Waals surface area contributed by atoms with Gasteiger partial charge in [-0.3, -0.25) is 18.7 Å². The first-order valence-electron chi connectivity index (χ1n) is 25.0. The number of aromatic hydroxyl groups is 1. The highest BCUT2D eigenvalue weighted by Gasteiger charge is 2.24. The average Bonchev–Trinajstić information content (AvgIpc) is 4.18. The summed E-state index contributed by atoms with van der Waals surface area (Å²) >= 11 is 22.2. The number of ether oxygens (including phenoxy) is 1. The number of fused-ring (bicyclic) bond motifs is 2. The number of hydrogen-bond acceptors (Lipinski definition) is 8. The molecule has 7 aromatic carbocycles. The van der Waals surface area contributed by atoms with Gasteiger partial charge in [0.1, 0.15) is 22.7 Å². The van der Waals surface area contributed by atoms with Crippen molar-refractivity contribution in [2.75, 3.05) is 0 Å². The molecule has 0 saturated carbocycles. The van der Waals surface area contributed by atoms with Crippen molar-refractivity contribution in [3.63, 3.8) is 0 Å². The van der Waals surface area contributed by atoms with Crippen LogP contribution in [0.2, 0.25) is 10.0 Å². The molecule has 0 spiro atoms. The number of aryl methyl sites for hydroxylation is 6. The molecule has 4 aromatic heterocycles. The van der Waals surface area contributed by atoms with Gasteiger partial charge in [-0.15, -0.1) is 22.7 Å². The number of hydrogen-bond donors (Lipinski definition) is 1. The van der Waals surface area contributed by atoms with Gasteiger partial charge in [0.15, 0.2) is 23.1 Å². The zero-order valence-electron chi connectivity index (χ0n) is 43.2. The second-order valence-electron chi connectivity index (χ2n) is 18.5. The highest BCUT2D eigenvalue weighted by atomic mass is 79.9. The minimum absolute atomic E-state index is 0.0819. The number of para-hydroxylation sites is 2. The molecule has 0 aliphatic carbocycles. The molecule has 8 nitrogen and oxygen atoms in total. The third-order valence-corrected chi connectivity index (χ3v) is 18.0. The maximum Gasteiger partial charge on any atom is 0.268 e. The van der Waals surface area contributed by atoms with Crippen LogP contribution in [-0.4, -0.2) is 24.2 Å². The summed E-state index contributed by atoms with van der Waals surface area (Å²) in [6, 6.07) is 49.9. The van der Waals surface area contributed by atoms with Crippen LogP contribution in [0.5, 0.6) is 11.5 Å². The van der Waals surface area contributed by atoms with Gasteiger partial charge in [0, 0.05) is 37.4 Å². The van der Waals surface area contributed by atoms with Crippen LogP contribution < -0.4 is 15.9 Å². The average molecular weight is 1260 g/mol. The van der Waals surface area contributed by atoms with E-state index < -0.39 is 17.4 Å². The Morgan fingerprint density at radius 2 is 1.06 bits per heavy atom. The summed E-state index contributed by atoms with van der Waals surface area (Å²) in [6.45, 7) is 8.53. The lowest BCUT2D eigenvalue weighted by Crippen LogP contribution is -2.27. The SMILES string of the molecule is Cc1c(Br)sc2ccc(Cl)cc12.Cc1nc(-c2cccc(F)c2O)n(CCc2ccccc2)c(=O)c1-c1sc2ccc(Cl)cc2c1C.Cc1nc(-c2cccc(F)c2OCc2ccccc2)n(CCc2ccccc2)c(=O)c1Br. The molecule has 4 heterocycles. The third-order valence-electron chi connectivity index (χ3n) is 13.2. The van der Waals surface area contributed by atoms with E-state index in [1.807, 2.05) is 128 Å². The molecular formula is C63H50Br2Cl2F2N4O4S2. The Hall–Kier alpha value is -6.78. The van der Waals surface area contributed by atoms with Gasteiger partial charge in [0.2, 0.25) is 0 Å². The van der Waals surface area contributed by atoms with Gasteiger partial charge in [-0.2, -0.15) is 0 Å². The summed E-state index contributed by atoms with van der Waals surface area (Å²) in [5, 5.41) is 14.1. The molecule has 11 aromatic rings. The fourth-order valence-corrected chi connectivity index (χ4v) is 12.6. The fraction of sp³-hybridized carbons (Fsp3) is 0.143. The Balaban J connectivity index is 0.000000159. The first kappa shape index (κ1) is 56.9. The van der Waals surface area contributed by atoms with E-state index in [-0.39, 0.29) is 34.9 Å². The van der Waals surface area contributed by atoms with Crippen LogP contribution in [0, 0.1) is 39.3 Å². The molecule has 1 N–H and O–H groups in total. The lowest BCUT2D eigenvalue weighted by molar-refractivity contribution is 0.291. The Morgan fingerprint density at radius 1 is 0.570 bits per heavy atom. The van der Waals surface area contributed by atoms with Crippen molar-refractivity contribution in [1.29, 1.82) is 0 Å². The molecule has 0 bridgehead atoms. The van der Waals surface area contributed by atoms with Crippen LogP contribution in [0.4, 0.5) is 8.78 Å². The molecule has 0 aliphatic rings. The van der Waals surface area contributed by atoms with E-state index in [1.54, 1.807) is 52.5 Å². The van der Waals surface area contributed by atoms with Crippen molar-refractivity contribution in [2.45, 2.75) is 60.2 Å². The van der Waals surface area contributed by atoms with E-state index in [2.05, 4.69) is 49.8 Å². The van der Waals surface area contributed by atoms with Crippen molar-refractivity contribution >= 4 is 97.9 Å². The Morgan fingerprint density at radius 3 is 1.66 bits per heavy atom. The maximum absolute atomic E-state index is 14.9. The number of phenolic OH excluding ortho intramolecular Hbond substituents is 1. The van der Waals surface area contributed by atoms with Crippen LogP contribution in [0.3, 0.4) is 0 Å². The number of thiophene rings is 2.